The van der Waals surface area contributed by atoms with Crippen LogP contribution in [0.4, 0.5) is 4.39 Å². The highest BCUT2D eigenvalue weighted by molar-refractivity contribution is 7.98. The molecule has 0 amide bonds. The molecule has 6 heteroatoms. The van der Waals surface area contributed by atoms with Gasteiger partial charge in [0.25, 0.3) is 0 Å². The van der Waals surface area contributed by atoms with E-state index in [-0.39, 0.29) is 10.6 Å². The second-order valence-electron chi connectivity index (χ2n) is 3.73. The lowest BCUT2D eigenvalue weighted by Gasteiger charge is -2.03. The summed E-state index contributed by atoms with van der Waals surface area (Å²) in [4.78, 5) is 14.9. The lowest BCUT2D eigenvalue weighted by Crippen LogP contribution is -1.96. The third-order valence-corrected chi connectivity index (χ3v) is 3.66. The average molecular weight is 298 g/mol. The number of pyridine rings is 1. The van der Waals surface area contributed by atoms with E-state index in [4.69, 9.17) is 16.7 Å². The zero-order chi connectivity index (χ0) is 13.8. The van der Waals surface area contributed by atoms with Crippen LogP contribution in [0.2, 0.25) is 5.02 Å². The van der Waals surface area contributed by atoms with Crippen molar-refractivity contribution >= 4 is 29.3 Å². The monoisotopic (exact) mass is 297 g/mol. The van der Waals surface area contributed by atoms with Crippen LogP contribution >= 0.6 is 23.4 Å². The summed E-state index contributed by atoms with van der Waals surface area (Å²) in [5.41, 5.74) is 0.939. The second kappa shape index (κ2) is 6.04. The number of carboxylic acid groups (broad SMARTS) is 1. The van der Waals surface area contributed by atoms with Crippen LogP contribution in [0.15, 0.2) is 41.6 Å². The molecule has 0 aliphatic rings. The first-order valence-corrected chi connectivity index (χ1v) is 6.68. The fourth-order valence-electron chi connectivity index (χ4n) is 1.41. The van der Waals surface area contributed by atoms with E-state index in [1.54, 1.807) is 6.07 Å². The first-order valence-electron chi connectivity index (χ1n) is 5.32. The van der Waals surface area contributed by atoms with Gasteiger partial charge in [0.1, 0.15) is 5.82 Å². The SMILES string of the molecule is O=C(O)c1ccnc(SCc2ccc(Cl)c(F)c2)c1. The van der Waals surface area contributed by atoms with Gasteiger partial charge in [-0.05, 0) is 29.8 Å². The van der Waals surface area contributed by atoms with Gasteiger partial charge in [0, 0.05) is 11.9 Å². The number of hydrogen-bond donors (Lipinski definition) is 1. The number of halogens is 2. The predicted octanol–water partition coefficient (Wildman–Crippen LogP) is 3.86. The van der Waals surface area contributed by atoms with Gasteiger partial charge in [0.05, 0.1) is 15.6 Å². The maximum atomic E-state index is 13.2. The lowest BCUT2D eigenvalue weighted by atomic mass is 10.2. The van der Waals surface area contributed by atoms with Crippen LogP contribution in [0.5, 0.6) is 0 Å². The summed E-state index contributed by atoms with van der Waals surface area (Å²) in [5, 5.41) is 9.52. The molecule has 1 heterocycles. The zero-order valence-electron chi connectivity index (χ0n) is 9.64. The van der Waals surface area contributed by atoms with E-state index >= 15 is 0 Å². The first-order chi connectivity index (χ1) is 9.06. The van der Waals surface area contributed by atoms with E-state index in [1.807, 2.05) is 0 Å². The van der Waals surface area contributed by atoms with Crippen molar-refractivity contribution in [2.75, 3.05) is 0 Å². The summed E-state index contributed by atoms with van der Waals surface area (Å²) in [6.45, 7) is 0. The molecular weight excluding hydrogens is 289 g/mol. The number of nitrogens with zero attached hydrogens (tertiary/aromatic N) is 1. The molecule has 1 N–H and O–H groups in total. The third-order valence-electron chi connectivity index (χ3n) is 2.35. The highest BCUT2D eigenvalue weighted by Crippen LogP contribution is 2.24. The van der Waals surface area contributed by atoms with Crippen molar-refractivity contribution in [1.29, 1.82) is 0 Å². The van der Waals surface area contributed by atoms with Gasteiger partial charge in [0.2, 0.25) is 0 Å². The Morgan fingerprint density at radius 1 is 1.37 bits per heavy atom. The van der Waals surface area contributed by atoms with Crippen molar-refractivity contribution in [2.24, 2.45) is 0 Å². The number of rotatable bonds is 4. The molecule has 98 valence electrons. The molecule has 3 nitrogen and oxygen atoms in total. The summed E-state index contributed by atoms with van der Waals surface area (Å²) in [7, 11) is 0. The fraction of sp³-hybridized carbons (Fsp3) is 0.0769. The molecular formula is C13H9ClFNO2S. The molecule has 0 aliphatic carbocycles. The number of aromatic nitrogens is 1. The van der Waals surface area contributed by atoms with Crippen LogP contribution in [0.3, 0.4) is 0 Å². The van der Waals surface area contributed by atoms with Crippen molar-refractivity contribution in [3.8, 4) is 0 Å². The minimum atomic E-state index is -0.998. The van der Waals surface area contributed by atoms with Gasteiger partial charge in [-0.2, -0.15) is 0 Å². The van der Waals surface area contributed by atoms with Crippen LogP contribution in [0.25, 0.3) is 0 Å². The molecule has 0 fully saturated rings. The molecule has 0 spiro atoms. The number of thioether (sulfide) groups is 1. The van der Waals surface area contributed by atoms with Crippen LogP contribution in [-0.2, 0) is 5.75 Å². The highest BCUT2D eigenvalue weighted by atomic mass is 35.5. The Balaban J connectivity index is 2.07. The molecule has 0 saturated heterocycles. The molecule has 2 rings (SSSR count). The van der Waals surface area contributed by atoms with E-state index in [0.717, 1.165) is 5.56 Å². The lowest BCUT2D eigenvalue weighted by molar-refractivity contribution is 0.0696. The zero-order valence-corrected chi connectivity index (χ0v) is 11.2. The molecule has 0 aliphatic heterocycles. The van der Waals surface area contributed by atoms with E-state index in [2.05, 4.69) is 4.98 Å². The van der Waals surface area contributed by atoms with Crippen molar-refractivity contribution in [3.05, 3.63) is 58.5 Å². The number of carboxylic acids is 1. The molecule has 19 heavy (non-hydrogen) atoms. The van der Waals surface area contributed by atoms with E-state index in [0.29, 0.717) is 10.8 Å². The molecule has 0 saturated carbocycles. The average Bonchev–Trinajstić information content (AvgIpc) is 2.40. The highest BCUT2D eigenvalue weighted by Gasteiger charge is 2.06. The Morgan fingerprint density at radius 3 is 2.84 bits per heavy atom. The number of hydrogen-bond acceptors (Lipinski definition) is 3. The number of carbonyl (C=O) groups is 1. The van der Waals surface area contributed by atoms with Gasteiger partial charge in [-0.25, -0.2) is 14.2 Å². The minimum Gasteiger partial charge on any atom is -0.478 e. The summed E-state index contributed by atoms with van der Waals surface area (Å²) in [6, 6.07) is 7.48. The van der Waals surface area contributed by atoms with Crippen LogP contribution < -0.4 is 0 Å². The summed E-state index contributed by atoms with van der Waals surface area (Å²) >= 11 is 6.93. The number of aromatic carboxylic acids is 1. The molecule has 2 aromatic rings. The standard InChI is InChI=1S/C13H9ClFNO2S/c14-10-2-1-8(5-11(10)15)7-19-12-6-9(13(17)18)3-4-16-12/h1-6H,7H2,(H,17,18). The maximum absolute atomic E-state index is 13.2. The van der Waals surface area contributed by atoms with Crippen molar-refractivity contribution in [1.82, 2.24) is 4.98 Å². The quantitative estimate of drug-likeness (QED) is 0.871. The third kappa shape index (κ3) is 3.68. The van der Waals surface area contributed by atoms with Gasteiger partial charge in [-0.15, -0.1) is 11.8 Å². The predicted molar refractivity (Wildman–Crippen MR) is 72.2 cm³/mol. The largest absolute Gasteiger partial charge is 0.478 e. The minimum absolute atomic E-state index is 0.0831. The summed E-state index contributed by atoms with van der Waals surface area (Å²) < 4.78 is 13.2. The molecule has 0 unspecified atom stereocenters. The Bertz CT molecular complexity index is 621. The molecule has 0 bridgehead atoms. The Kier molecular flexibility index (Phi) is 4.39. The van der Waals surface area contributed by atoms with Crippen molar-refractivity contribution < 1.29 is 14.3 Å². The van der Waals surface area contributed by atoms with Crippen LogP contribution in [0, 0.1) is 5.82 Å². The van der Waals surface area contributed by atoms with Gasteiger partial charge in [0.15, 0.2) is 0 Å². The maximum Gasteiger partial charge on any atom is 0.335 e. The number of benzene rings is 1. The Morgan fingerprint density at radius 2 is 2.16 bits per heavy atom. The molecule has 1 aromatic carbocycles. The van der Waals surface area contributed by atoms with E-state index in [9.17, 15) is 9.18 Å². The van der Waals surface area contributed by atoms with Crippen LogP contribution in [-0.4, -0.2) is 16.1 Å². The molecule has 0 atom stereocenters. The normalized spacial score (nSPS) is 10.4. The Hall–Kier alpha value is -1.59. The first kappa shape index (κ1) is 13.8. The topological polar surface area (TPSA) is 50.2 Å². The van der Waals surface area contributed by atoms with Crippen molar-refractivity contribution in [3.63, 3.8) is 0 Å². The van der Waals surface area contributed by atoms with E-state index < -0.39 is 11.8 Å². The van der Waals surface area contributed by atoms with Crippen LogP contribution in [0.1, 0.15) is 15.9 Å². The fourth-order valence-corrected chi connectivity index (χ4v) is 2.37. The molecule has 1 aromatic heterocycles. The van der Waals surface area contributed by atoms with E-state index in [1.165, 1.54) is 42.2 Å². The second-order valence-corrected chi connectivity index (χ2v) is 5.13. The van der Waals surface area contributed by atoms with Gasteiger partial charge < -0.3 is 5.11 Å². The van der Waals surface area contributed by atoms with Gasteiger partial charge in [-0.1, -0.05) is 17.7 Å². The Labute approximate surface area is 118 Å². The van der Waals surface area contributed by atoms with Crippen molar-refractivity contribution in [2.45, 2.75) is 10.8 Å². The van der Waals surface area contributed by atoms with Gasteiger partial charge >= 0.3 is 5.97 Å². The summed E-state index contributed by atoms with van der Waals surface area (Å²) in [5.74, 6) is -0.974. The van der Waals surface area contributed by atoms with Gasteiger partial charge in [-0.3, -0.25) is 0 Å². The molecule has 0 radical (unpaired) electrons. The smallest absolute Gasteiger partial charge is 0.335 e. The summed E-state index contributed by atoms with van der Waals surface area (Å²) in [6.07, 6.45) is 1.44.